The Morgan fingerprint density at radius 1 is 1.53 bits per heavy atom. The lowest BCUT2D eigenvalue weighted by molar-refractivity contribution is -0.384. The van der Waals surface area contributed by atoms with Gasteiger partial charge in [0.1, 0.15) is 11.5 Å². The van der Waals surface area contributed by atoms with E-state index in [4.69, 9.17) is 0 Å². The number of nitro groups is 1. The van der Waals surface area contributed by atoms with Crippen LogP contribution in [0.15, 0.2) is 16.6 Å². The van der Waals surface area contributed by atoms with Crippen LogP contribution in [0.25, 0.3) is 0 Å². The highest BCUT2D eigenvalue weighted by atomic mass is 79.9. The molecule has 0 unspecified atom stereocenters. The molecule has 0 amide bonds. The molecule has 1 N–H and O–H groups in total. The molecule has 0 spiro atoms. The fourth-order valence-electron chi connectivity index (χ4n) is 1.76. The van der Waals surface area contributed by atoms with Gasteiger partial charge in [0.25, 0.3) is 5.69 Å². The number of anilines is 1. The van der Waals surface area contributed by atoms with E-state index in [0.717, 1.165) is 6.07 Å². The van der Waals surface area contributed by atoms with E-state index in [2.05, 4.69) is 15.9 Å². The van der Waals surface area contributed by atoms with Crippen LogP contribution in [0.1, 0.15) is 20.8 Å². The van der Waals surface area contributed by atoms with Gasteiger partial charge in [-0.15, -0.1) is 0 Å². The van der Waals surface area contributed by atoms with Crippen LogP contribution in [0.4, 0.5) is 15.8 Å². The third-order valence-corrected chi connectivity index (χ3v) is 3.12. The second kappa shape index (κ2) is 5.83. The van der Waals surface area contributed by atoms with Crippen LogP contribution >= 0.6 is 15.9 Å². The van der Waals surface area contributed by atoms with Crippen LogP contribution in [-0.4, -0.2) is 28.7 Å². The Balaban J connectivity index is 3.29. The molecule has 1 aromatic rings. The van der Waals surface area contributed by atoms with E-state index >= 15 is 0 Å². The molecule has 1 rings (SSSR count). The predicted molar refractivity (Wildman–Crippen MR) is 74.9 cm³/mol. The highest BCUT2D eigenvalue weighted by Crippen LogP contribution is 2.34. The highest BCUT2D eigenvalue weighted by molar-refractivity contribution is 9.10. The summed E-state index contributed by atoms with van der Waals surface area (Å²) in [6.07, 6.45) is 0. The number of halogens is 2. The van der Waals surface area contributed by atoms with Gasteiger partial charge in [-0.25, -0.2) is 4.39 Å². The van der Waals surface area contributed by atoms with Crippen LogP contribution in [0, 0.1) is 15.9 Å². The van der Waals surface area contributed by atoms with Gasteiger partial charge in [0.05, 0.1) is 21.1 Å². The number of aliphatic hydroxyl groups is 1. The van der Waals surface area contributed by atoms with E-state index in [1.807, 2.05) is 6.92 Å². The van der Waals surface area contributed by atoms with Crippen LogP contribution in [0.5, 0.6) is 0 Å². The lowest BCUT2D eigenvalue weighted by Crippen LogP contribution is -2.38. The van der Waals surface area contributed by atoms with Crippen LogP contribution < -0.4 is 4.90 Å². The smallest absolute Gasteiger partial charge is 0.295 e. The first-order valence-electron chi connectivity index (χ1n) is 5.76. The second-order valence-electron chi connectivity index (χ2n) is 4.84. The van der Waals surface area contributed by atoms with Gasteiger partial charge in [-0.05, 0) is 42.8 Å². The monoisotopic (exact) mass is 334 g/mol. The lowest BCUT2D eigenvalue weighted by Gasteiger charge is -2.29. The van der Waals surface area contributed by atoms with E-state index in [1.165, 1.54) is 6.07 Å². The van der Waals surface area contributed by atoms with Crippen molar-refractivity contribution in [1.82, 2.24) is 0 Å². The van der Waals surface area contributed by atoms with E-state index in [-0.39, 0.29) is 22.4 Å². The second-order valence-corrected chi connectivity index (χ2v) is 5.69. The average Bonchev–Trinajstić information content (AvgIpc) is 2.27. The third-order valence-electron chi connectivity index (χ3n) is 2.51. The third kappa shape index (κ3) is 4.14. The van der Waals surface area contributed by atoms with Crippen LogP contribution in [-0.2, 0) is 0 Å². The Labute approximate surface area is 119 Å². The summed E-state index contributed by atoms with van der Waals surface area (Å²) in [5.74, 6) is -0.685. The number of benzene rings is 1. The number of hydrogen-bond donors (Lipinski definition) is 1. The Kier molecular flexibility index (Phi) is 4.86. The minimum Gasteiger partial charge on any atom is -0.389 e. The van der Waals surface area contributed by atoms with Crippen molar-refractivity contribution in [3.63, 3.8) is 0 Å². The van der Waals surface area contributed by atoms with E-state index < -0.39 is 16.3 Å². The molecule has 7 heteroatoms. The first kappa shape index (κ1) is 15.8. The van der Waals surface area contributed by atoms with Gasteiger partial charge in [0.15, 0.2) is 0 Å². The zero-order chi connectivity index (χ0) is 14.8. The summed E-state index contributed by atoms with van der Waals surface area (Å²) in [5, 5.41) is 20.8. The van der Waals surface area contributed by atoms with Crippen molar-refractivity contribution < 1.29 is 14.4 Å². The fourth-order valence-corrected chi connectivity index (χ4v) is 2.09. The minimum absolute atomic E-state index is 0.155. The van der Waals surface area contributed by atoms with E-state index in [1.54, 1.807) is 18.7 Å². The molecule has 0 atom stereocenters. The Bertz CT molecular complexity index is 489. The van der Waals surface area contributed by atoms with Crippen molar-refractivity contribution in [1.29, 1.82) is 0 Å². The quantitative estimate of drug-likeness (QED) is 0.663. The van der Waals surface area contributed by atoms with Gasteiger partial charge in [-0.3, -0.25) is 10.1 Å². The number of likely N-dealkylation sites (N-methyl/N-ethyl adjacent to an activating group) is 1. The molecular formula is C12H16BrFN2O3. The molecule has 0 aliphatic rings. The molecule has 0 aliphatic heterocycles. The van der Waals surface area contributed by atoms with Gasteiger partial charge in [-0.1, -0.05) is 0 Å². The summed E-state index contributed by atoms with van der Waals surface area (Å²) in [6.45, 7) is 5.71. The number of rotatable bonds is 5. The molecule has 0 fully saturated rings. The van der Waals surface area contributed by atoms with Gasteiger partial charge in [-0.2, -0.15) is 0 Å². The zero-order valence-electron chi connectivity index (χ0n) is 11.0. The molecule has 0 bridgehead atoms. The van der Waals surface area contributed by atoms with Crippen molar-refractivity contribution >= 4 is 27.3 Å². The average molecular weight is 335 g/mol. The van der Waals surface area contributed by atoms with E-state index in [9.17, 15) is 19.6 Å². The first-order chi connectivity index (χ1) is 8.65. The summed E-state index contributed by atoms with van der Waals surface area (Å²) < 4.78 is 13.6. The van der Waals surface area contributed by atoms with Crippen molar-refractivity contribution in [2.45, 2.75) is 26.4 Å². The molecule has 5 nitrogen and oxygen atoms in total. The molecular weight excluding hydrogens is 319 g/mol. The standard InChI is InChI=1S/C12H16BrFN2O3/c1-4-15(7-12(2,3)17)10-5-8(13)9(14)6-11(10)16(18)19/h5-6,17H,4,7H2,1-3H3. The molecule has 0 saturated carbocycles. The molecule has 106 valence electrons. The van der Waals surface area contributed by atoms with Crippen molar-refractivity contribution in [2.75, 3.05) is 18.0 Å². The first-order valence-corrected chi connectivity index (χ1v) is 6.55. The SMILES string of the molecule is CCN(CC(C)(C)O)c1cc(Br)c(F)cc1[N+](=O)[O-]. The summed E-state index contributed by atoms with van der Waals surface area (Å²) in [6, 6.07) is 2.25. The zero-order valence-corrected chi connectivity index (χ0v) is 12.6. The van der Waals surface area contributed by atoms with E-state index in [0.29, 0.717) is 6.54 Å². The normalized spacial score (nSPS) is 11.5. The van der Waals surface area contributed by atoms with Gasteiger partial charge in [0, 0.05) is 13.1 Å². The molecule has 0 radical (unpaired) electrons. The molecule has 19 heavy (non-hydrogen) atoms. The lowest BCUT2D eigenvalue weighted by atomic mass is 10.1. The number of nitrogens with zero attached hydrogens (tertiary/aromatic N) is 2. The number of nitro benzene ring substituents is 1. The van der Waals surface area contributed by atoms with Crippen LogP contribution in [0.2, 0.25) is 0 Å². The largest absolute Gasteiger partial charge is 0.389 e. The predicted octanol–water partition coefficient (Wildman–Crippen LogP) is 3.09. The Hall–Kier alpha value is -1.21. The number of hydrogen-bond acceptors (Lipinski definition) is 4. The maximum atomic E-state index is 13.4. The molecule has 0 aliphatic carbocycles. The Morgan fingerprint density at radius 2 is 2.11 bits per heavy atom. The van der Waals surface area contributed by atoms with Crippen molar-refractivity contribution in [2.24, 2.45) is 0 Å². The summed E-state index contributed by atoms with van der Waals surface area (Å²) >= 11 is 3.02. The fraction of sp³-hybridized carbons (Fsp3) is 0.500. The maximum absolute atomic E-state index is 13.4. The summed E-state index contributed by atoms with van der Waals surface area (Å²) in [4.78, 5) is 12.0. The van der Waals surface area contributed by atoms with Gasteiger partial charge < -0.3 is 10.0 Å². The highest BCUT2D eigenvalue weighted by Gasteiger charge is 2.25. The topological polar surface area (TPSA) is 66.6 Å². The molecule has 0 saturated heterocycles. The van der Waals surface area contributed by atoms with Gasteiger partial charge in [0.2, 0.25) is 0 Å². The van der Waals surface area contributed by atoms with Crippen molar-refractivity contribution in [3.8, 4) is 0 Å². The molecule has 0 heterocycles. The maximum Gasteiger partial charge on any atom is 0.295 e. The van der Waals surface area contributed by atoms with Crippen LogP contribution in [0.3, 0.4) is 0 Å². The van der Waals surface area contributed by atoms with Gasteiger partial charge >= 0.3 is 0 Å². The summed E-state index contributed by atoms with van der Waals surface area (Å²) in [5.41, 5.74) is -1.04. The Morgan fingerprint density at radius 3 is 2.53 bits per heavy atom. The van der Waals surface area contributed by atoms with Crippen molar-refractivity contribution in [3.05, 3.63) is 32.5 Å². The molecule has 0 aromatic heterocycles. The summed E-state index contributed by atoms with van der Waals surface area (Å²) in [7, 11) is 0. The minimum atomic E-state index is -1.01. The molecule has 1 aromatic carbocycles.